The van der Waals surface area contributed by atoms with Crippen LogP contribution in [0.3, 0.4) is 0 Å². The van der Waals surface area contributed by atoms with Crippen LogP contribution in [0.15, 0.2) is 36.5 Å². The van der Waals surface area contributed by atoms with Gasteiger partial charge in [0, 0.05) is 11.8 Å². The first kappa shape index (κ1) is 15.6. The number of hydrogen-bond acceptors (Lipinski definition) is 4. The Kier molecular flexibility index (Phi) is 4.69. The zero-order valence-electron chi connectivity index (χ0n) is 11.6. The number of nitrogens with zero attached hydrogens (tertiary/aromatic N) is 1. The summed E-state index contributed by atoms with van der Waals surface area (Å²) >= 11 is 5.72. The number of halogens is 1. The summed E-state index contributed by atoms with van der Waals surface area (Å²) in [5.41, 5.74) is 2.19. The van der Waals surface area contributed by atoms with E-state index in [4.69, 9.17) is 16.3 Å². The minimum absolute atomic E-state index is 0.270. The molecule has 1 heterocycles. The van der Waals surface area contributed by atoms with Crippen LogP contribution < -0.4 is 9.46 Å². The first-order valence-corrected chi connectivity index (χ1v) is 8.42. The first-order chi connectivity index (χ1) is 9.83. The molecule has 0 atom stereocenters. The van der Waals surface area contributed by atoms with Gasteiger partial charge in [-0.25, -0.2) is 13.4 Å². The molecule has 7 heteroatoms. The fourth-order valence-electron chi connectivity index (χ4n) is 1.70. The average Bonchev–Trinajstić information content (AvgIpc) is 2.38. The van der Waals surface area contributed by atoms with Crippen molar-refractivity contribution in [2.24, 2.45) is 0 Å². The van der Waals surface area contributed by atoms with Crippen molar-refractivity contribution >= 4 is 27.3 Å². The molecule has 2 aromatic rings. The van der Waals surface area contributed by atoms with E-state index in [0.29, 0.717) is 16.6 Å². The van der Waals surface area contributed by atoms with Gasteiger partial charge in [0.15, 0.2) is 0 Å². The van der Waals surface area contributed by atoms with Crippen LogP contribution in [0.25, 0.3) is 0 Å². The molecule has 0 radical (unpaired) electrons. The SMILES string of the molecule is Cc1ccc(OCc2ccc(Cl)nc2)c(NS(C)(=O)=O)c1. The molecule has 112 valence electrons. The lowest BCUT2D eigenvalue weighted by Gasteiger charge is -2.13. The van der Waals surface area contributed by atoms with Gasteiger partial charge in [0.25, 0.3) is 0 Å². The van der Waals surface area contributed by atoms with E-state index in [-0.39, 0.29) is 6.61 Å². The van der Waals surface area contributed by atoms with E-state index < -0.39 is 10.0 Å². The summed E-state index contributed by atoms with van der Waals surface area (Å²) < 4.78 is 30.9. The smallest absolute Gasteiger partial charge is 0.229 e. The maximum atomic E-state index is 11.4. The molecule has 0 unspecified atom stereocenters. The lowest BCUT2D eigenvalue weighted by Crippen LogP contribution is -2.11. The summed E-state index contributed by atoms with van der Waals surface area (Å²) in [6.45, 7) is 2.14. The third-order valence-electron chi connectivity index (χ3n) is 2.61. The molecule has 0 spiro atoms. The maximum Gasteiger partial charge on any atom is 0.229 e. The molecule has 2 rings (SSSR count). The zero-order valence-corrected chi connectivity index (χ0v) is 13.2. The molecule has 0 aliphatic rings. The molecular formula is C14H15ClN2O3S. The number of rotatable bonds is 5. The van der Waals surface area contributed by atoms with E-state index in [1.807, 2.05) is 13.0 Å². The number of anilines is 1. The summed E-state index contributed by atoms with van der Waals surface area (Å²) in [6.07, 6.45) is 2.71. The van der Waals surface area contributed by atoms with Crippen molar-refractivity contribution in [2.45, 2.75) is 13.5 Å². The van der Waals surface area contributed by atoms with Gasteiger partial charge in [-0.15, -0.1) is 0 Å². The van der Waals surface area contributed by atoms with Crippen LogP contribution in [-0.2, 0) is 16.6 Å². The molecule has 1 aromatic carbocycles. The van der Waals surface area contributed by atoms with Crippen LogP contribution in [0.2, 0.25) is 5.15 Å². The second-order valence-electron chi connectivity index (χ2n) is 4.65. The highest BCUT2D eigenvalue weighted by Crippen LogP contribution is 2.27. The Labute approximate surface area is 129 Å². The van der Waals surface area contributed by atoms with Crippen molar-refractivity contribution in [1.29, 1.82) is 0 Å². The third-order valence-corrected chi connectivity index (χ3v) is 3.43. The van der Waals surface area contributed by atoms with Gasteiger partial charge in [0.2, 0.25) is 10.0 Å². The molecule has 0 aliphatic heterocycles. The van der Waals surface area contributed by atoms with Crippen molar-refractivity contribution in [1.82, 2.24) is 4.98 Å². The van der Waals surface area contributed by atoms with Crippen LogP contribution in [0.1, 0.15) is 11.1 Å². The lowest BCUT2D eigenvalue weighted by molar-refractivity contribution is 0.307. The number of benzene rings is 1. The van der Waals surface area contributed by atoms with Gasteiger partial charge >= 0.3 is 0 Å². The summed E-state index contributed by atoms with van der Waals surface area (Å²) in [5.74, 6) is 0.459. The number of ether oxygens (including phenoxy) is 1. The second-order valence-corrected chi connectivity index (χ2v) is 6.79. The van der Waals surface area contributed by atoms with Crippen LogP contribution in [0, 0.1) is 6.92 Å². The number of aryl methyl sites for hydroxylation is 1. The molecule has 1 N–H and O–H groups in total. The Morgan fingerprint density at radius 1 is 1.29 bits per heavy atom. The highest BCUT2D eigenvalue weighted by atomic mass is 35.5. The van der Waals surface area contributed by atoms with Crippen LogP contribution in [0.5, 0.6) is 5.75 Å². The maximum absolute atomic E-state index is 11.4. The number of pyridine rings is 1. The first-order valence-electron chi connectivity index (χ1n) is 6.15. The van der Waals surface area contributed by atoms with Crippen LogP contribution in [-0.4, -0.2) is 19.7 Å². The van der Waals surface area contributed by atoms with E-state index in [1.54, 1.807) is 30.5 Å². The molecule has 0 saturated heterocycles. The van der Waals surface area contributed by atoms with Crippen LogP contribution in [0.4, 0.5) is 5.69 Å². The Bertz CT molecular complexity index is 730. The largest absolute Gasteiger partial charge is 0.487 e. The lowest BCUT2D eigenvalue weighted by atomic mass is 10.2. The second kappa shape index (κ2) is 6.32. The normalized spacial score (nSPS) is 11.2. The minimum Gasteiger partial charge on any atom is -0.487 e. The van der Waals surface area contributed by atoms with E-state index in [9.17, 15) is 8.42 Å². The quantitative estimate of drug-likeness (QED) is 0.858. The summed E-state index contributed by atoms with van der Waals surface area (Å²) in [7, 11) is -3.36. The Balaban J connectivity index is 2.17. The van der Waals surface area contributed by atoms with E-state index in [1.165, 1.54) is 0 Å². The topological polar surface area (TPSA) is 68.3 Å². The molecule has 0 amide bonds. The van der Waals surface area contributed by atoms with E-state index in [2.05, 4.69) is 9.71 Å². The van der Waals surface area contributed by atoms with E-state index in [0.717, 1.165) is 17.4 Å². The minimum atomic E-state index is -3.36. The van der Waals surface area contributed by atoms with E-state index >= 15 is 0 Å². The van der Waals surface area contributed by atoms with Crippen molar-refractivity contribution < 1.29 is 13.2 Å². The molecule has 21 heavy (non-hydrogen) atoms. The van der Waals surface area contributed by atoms with Gasteiger partial charge in [-0.3, -0.25) is 4.72 Å². The van der Waals surface area contributed by atoms with Gasteiger partial charge < -0.3 is 4.74 Å². The Morgan fingerprint density at radius 2 is 2.05 bits per heavy atom. The van der Waals surface area contributed by atoms with Gasteiger partial charge in [0.1, 0.15) is 17.5 Å². The van der Waals surface area contributed by atoms with Gasteiger partial charge in [-0.1, -0.05) is 23.7 Å². The third kappa shape index (κ3) is 4.91. The molecule has 0 aliphatic carbocycles. The molecule has 0 fully saturated rings. The van der Waals surface area contributed by atoms with Crippen LogP contribution >= 0.6 is 11.6 Å². The summed E-state index contributed by atoms with van der Waals surface area (Å²) in [4.78, 5) is 3.96. The Morgan fingerprint density at radius 3 is 2.67 bits per heavy atom. The van der Waals surface area contributed by atoms with Gasteiger partial charge in [-0.2, -0.15) is 0 Å². The van der Waals surface area contributed by atoms with Crippen molar-refractivity contribution in [3.63, 3.8) is 0 Å². The monoisotopic (exact) mass is 326 g/mol. The number of hydrogen-bond donors (Lipinski definition) is 1. The number of sulfonamides is 1. The van der Waals surface area contributed by atoms with Crippen molar-refractivity contribution in [3.05, 3.63) is 52.8 Å². The predicted octanol–water partition coefficient (Wildman–Crippen LogP) is 2.99. The molecule has 1 aromatic heterocycles. The molecule has 0 bridgehead atoms. The molecular weight excluding hydrogens is 312 g/mol. The number of aromatic nitrogens is 1. The van der Waals surface area contributed by atoms with Crippen molar-refractivity contribution in [3.8, 4) is 5.75 Å². The summed E-state index contributed by atoms with van der Waals surface area (Å²) in [5, 5.41) is 0.411. The fourth-order valence-corrected chi connectivity index (χ4v) is 2.37. The standard InChI is InChI=1S/C14H15ClN2O3S/c1-10-3-5-13(12(7-10)17-21(2,18)19)20-9-11-4-6-14(15)16-8-11/h3-8,17H,9H2,1-2H3. The highest BCUT2D eigenvalue weighted by Gasteiger charge is 2.09. The summed E-state index contributed by atoms with van der Waals surface area (Å²) in [6, 6.07) is 8.77. The highest BCUT2D eigenvalue weighted by molar-refractivity contribution is 7.92. The molecule has 5 nitrogen and oxygen atoms in total. The predicted molar refractivity (Wildman–Crippen MR) is 83.2 cm³/mol. The Hall–Kier alpha value is -1.79. The van der Waals surface area contributed by atoms with Crippen molar-refractivity contribution in [2.75, 3.05) is 11.0 Å². The zero-order chi connectivity index (χ0) is 15.5. The van der Waals surface area contributed by atoms with Gasteiger partial charge in [-0.05, 0) is 30.7 Å². The molecule has 0 saturated carbocycles. The van der Waals surface area contributed by atoms with Gasteiger partial charge in [0.05, 0.1) is 11.9 Å². The fraction of sp³-hybridized carbons (Fsp3) is 0.214. The number of nitrogens with one attached hydrogen (secondary N) is 1. The average molecular weight is 327 g/mol.